The van der Waals surface area contributed by atoms with Crippen molar-refractivity contribution < 1.29 is 9.90 Å². The molecule has 2 heteroatoms. The topological polar surface area (TPSA) is 37.3 Å². The molecule has 1 N–H and O–H groups in total. The van der Waals surface area contributed by atoms with E-state index in [2.05, 4.69) is 0 Å². The average molecular weight is 140 g/mol. The number of hydrogen-bond acceptors (Lipinski definition) is 2. The molecule has 0 saturated carbocycles. The quantitative estimate of drug-likeness (QED) is 0.457. The van der Waals surface area contributed by atoms with Crippen LogP contribution in [-0.2, 0) is 4.79 Å². The smallest absolute Gasteiger partial charge is 0.132 e. The second kappa shape index (κ2) is 2.97. The zero-order chi connectivity index (χ0) is 7.45. The van der Waals surface area contributed by atoms with Crippen LogP contribution in [-0.4, -0.2) is 18.0 Å². The molecule has 2 nitrogen and oxygen atoms in total. The third kappa shape index (κ3) is 1.27. The van der Waals surface area contributed by atoms with Gasteiger partial charge in [-0.25, -0.2) is 0 Å². The van der Waals surface area contributed by atoms with Crippen molar-refractivity contribution in [3.63, 3.8) is 0 Å². The van der Waals surface area contributed by atoms with Crippen molar-refractivity contribution >= 4 is 6.29 Å². The summed E-state index contributed by atoms with van der Waals surface area (Å²) in [6, 6.07) is 0. The van der Waals surface area contributed by atoms with Gasteiger partial charge in [-0.3, -0.25) is 0 Å². The van der Waals surface area contributed by atoms with Crippen LogP contribution >= 0.6 is 0 Å². The van der Waals surface area contributed by atoms with Crippen LogP contribution in [0.25, 0.3) is 0 Å². The summed E-state index contributed by atoms with van der Waals surface area (Å²) in [4.78, 5) is 10.5. The molecule has 0 aromatic rings. The first-order valence-electron chi connectivity index (χ1n) is 3.58. The van der Waals surface area contributed by atoms with Crippen LogP contribution < -0.4 is 0 Å². The van der Waals surface area contributed by atoms with Gasteiger partial charge >= 0.3 is 0 Å². The lowest BCUT2D eigenvalue weighted by atomic mass is 9.81. The van der Waals surface area contributed by atoms with Gasteiger partial charge in [-0.1, -0.05) is 12.2 Å². The van der Waals surface area contributed by atoms with Gasteiger partial charge in [-0.15, -0.1) is 0 Å². The number of allylic oxidation sites excluding steroid dienone is 1. The van der Waals surface area contributed by atoms with E-state index in [-0.39, 0.29) is 6.61 Å². The Morgan fingerprint density at radius 3 is 2.80 bits per heavy atom. The molecule has 0 radical (unpaired) electrons. The highest BCUT2D eigenvalue weighted by molar-refractivity contribution is 5.63. The number of carbonyl (C=O) groups excluding carboxylic acids is 1. The lowest BCUT2D eigenvalue weighted by molar-refractivity contribution is -0.116. The highest BCUT2D eigenvalue weighted by Gasteiger charge is 2.26. The number of aliphatic hydroxyl groups is 1. The van der Waals surface area contributed by atoms with Gasteiger partial charge in [0.15, 0.2) is 0 Å². The Kier molecular flexibility index (Phi) is 2.22. The lowest BCUT2D eigenvalue weighted by Crippen LogP contribution is -2.26. The van der Waals surface area contributed by atoms with E-state index in [1.54, 1.807) is 0 Å². The van der Waals surface area contributed by atoms with Crippen LogP contribution in [0.4, 0.5) is 0 Å². The number of rotatable bonds is 2. The molecule has 0 amide bonds. The molecule has 1 atom stereocenters. The molecular formula is C8H12O2. The fraction of sp³-hybridized carbons (Fsp3) is 0.625. The van der Waals surface area contributed by atoms with Gasteiger partial charge in [-0.2, -0.15) is 0 Å². The van der Waals surface area contributed by atoms with E-state index in [4.69, 9.17) is 5.11 Å². The van der Waals surface area contributed by atoms with Crippen molar-refractivity contribution in [2.45, 2.75) is 19.3 Å². The van der Waals surface area contributed by atoms with Crippen molar-refractivity contribution in [3.8, 4) is 0 Å². The van der Waals surface area contributed by atoms with Crippen molar-refractivity contribution in [3.05, 3.63) is 12.2 Å². The minimum absolute atomic E-state index is 0.0486. The van der Waals surface area contributed by atoms with Crippen molar-refractivity contribution in [2.24, 2.45) is 5.41 Å². The summed E-state index contributed by atoms with van der Waals surface area (Å²) in [6.07, 6.45) is 7.48. The Bertz CT molecular complexity index is 151. The first-order chi connectivity index (χ1) is 4.83. The van der Waals surface area contributed by atoms with E-state index in [1.807, 2.05) is 12.2 Å². The molecule has 0 saturated heterocycles. The summed E-state index contributed by atoms with van der Waals surface area (Å²) in [6.45, 7) is -0.0486. The third-order valence-corrected chi connectivity index (χ3v) is 1.99. The van der Waals surface area contributed by atoms with E-state index in [1.165, 1.54) is 0 Å². The van der Waals surface area contributed by atoms with E-state index in [9.17, 15) is 4.79 Å². The van der Waals surface area contributed by atoms with Crippen LogP contribution in [0.15, 0.2) is 12.2 Å². The van der Waals surface area contributed by atoms with E-state index in [0.29, 0.717) is 0 Å². The summed E-state index contributed by atoms with van der Waals surface area (Å²) >= 11 is 0. The van der Waals surface area contributed by atoms with Crippen LogP contribution in [0.3, 0.4) is 0 Å². The monoisotopic (exact) mass is 140 g/mol. The van der Waals surface area contributed by atoms with Gasteiger partial charge in [0, 0.05) is 0 Å². The van der Waals surface area contributed by atoms with Gasteiger partial charge < -0.3 is 9.90 Å². The Hall–Kier alpha value is -0.630. The van der Waals surface area contributed by atoms with Crippen LogP contribution in [0.5, 0.6) is 0 Å². The van der Waals surface area contributed by atoms with Crippen LogP contribution in [0.2, 0.25) is 0 Å². The number of aldehydes is 1. The number of hydrogen-bond donors (Lipinski definition) is 1. The Balaban J connectivity index is 2.70. The second-order valence-corrected chi connectivity index (χ2v) is 2.80. The standard InChI is InChI=1S/C8H12O2/c9-6-8(7-10)4-2-1-3-5-8/h2,4,6,10H,1,3,5,7H2. The summed E-state index contributed by atoms with van der Waals surface area (Å²) in [5.74, 6) is 0. The first-order valence-corrected chi connectivity index (χ1v) is 3.58. The summed E-state index contributed by atoms with van der Waals surface area (Å²) in [5.41, 5.74) is -0.543. The minimum Gasteiger partial charge on any atom is -0.395 e. The molecule has 0 spiro atoms. The van der Waals surface area contributed by atoms with Crippen molar-refractivity contribution in [1.82, 2.24) is 0 Å². The van der Waals surface area contributed by atoms with Crippen LogP contribution in [0, 0.1) is 5.41 Å². The van der Waals surface area contributed by atoms with Gasteiger partial charge in [-0.05, 0) is 19.3 Å². The molecular weight excluding hydrogens is 128 g/mol. The largest absolute Gasteiger partial charge is 0.395 e. The molecule has 0 bridgehead atoms. The van der Waals surface area contributed by atoms with Crippen molar-refractivity contribution in [2.75, 3.05) is 6.61 Å². The van der Waals surface area contributed by atoms with Crippen molar-refractivity contribution in [1.29, 1.82) is 0 Å². The molecule has 1 aliphatic carbocycles. The average Bonchev–Trinajstić information content (AvgIpc) is 2.06. The normalized spacial score (nSPS) is 32.1. The fourth-order valence-corrected chi connectivity index (χ4v) is 1.22. The number of carbonyl (C=O) groups is 1. The summed E-state index contributed by atoms with van der Waals surface area (Å²) in [7, 11) is 0. The zero-order valence-electron chi connectivity index (χ0n) is 5.92. The third-order valence-electron chi connectivity index (χ3n) is 1.99. The van der Waals surface area contributed by atoms with Crippen LogP contribution in [0.1, 0.15) is 19.3 Å². The van der Waals surface area contributed by atoms with Gasteiger partial charge in [0.2, 0.25) is 0 Å². The lowest BCUT2D eigenvalue weighted by Gasteiger charge is -2.24. The SMILES string of the molecule is O=CC1(CO)C=CCCC1. The first kappa shape index (κ1) is 7.48. The maximum atomic E-state index is 10.5. The van der Waals surface area contributed by atoms with Gasteiger partial charge in [0.05, 0.1) is 12.0 Å². The predicted molar refractivity (Wildman–Crippen MR) is 38.6 cm³/mol. The molecule has 0 aromatic heterocycles. The van der Waals surface area contributed by atoms with E-state index in [0.717, 1.165) is 25.5 Å². The maximum absolute atomic E-state index is 10.5. The predicted octanol–water partition coefficient (Wildman–Crippen LogP) is 0.904. The van der Waals surface area contributed by atoms with E-state index < -0.39 is 5.41 Å². The highest BCUT2D eigenvalue weighted by atomic mass is 16.3. The molecule has 1 unspecified atom stereocenters. The second-order valence-electron chi connectivity index (χ2n) is 2.80. The minimum atomic E-state index is -0.543. The Morgan fingerprint density at radius 1 is 1.70 bits per heavy atom. The highest BCUT2D eigenvalue weighted by Crippen LogP contribution is 2.27. The molecule has 56 valence electrons. The molecule has 10 heavy (non-hydrogen) atoms. The molecule has 1 aliphatic rings. The summed E-state index contributed by atoms with van der Waals surface area (Å²) < 4.78 is 0. The molecule has 0 aromatic carbocycles. The number of aliphatic hydroxyl groups excluding tert-OH is 1. The molecule has 0 heterocycles. The van der Waals surface area contributed by atoms with E-state index >= 15 is 0 Å². The van der Waals surface area contributed by atoms with Gasteiger partial charge in [0.1, 0.15) is 6.29 Å². The Morgan fingerprint density at radius 2 is 2.50 bits per heavy atom. The molecule has 1 rings (SSSR count). The van der Waals surface area contributed by atoms with Gasteiger partial charge in [0.25, 0.3) is 0 Å². The zero-order valence-corrected chi connectivity index (χ0v) is 5.92. The molecule has 0 fully saturated rings. The maximum Gasteiger partial charge on any atom is 0.132 e. The summed E-state index contributed by atoms with van der Waals surface area (Å²) in [5, 5.41) is 8.86. The fourth-order valence-electron chi connectivity index (χ4n) is 1.22. The Labute approximate surface area is 60.6 Å². The molecule has 0 aliphatic heterocycles.